The number of nitrogens with zero attached hydrogens (tertiary/aromatic N) is 5. The molecule has 4 N–H and O–H groups in total. The van der Waals surface area contributed by atoms with Crippen molar-refractivity contribution < 1.29 is 51.3 Å². The molecule has 6 aromatic rings. The highest BCUT2D eigenvalue weighted by molar-refractivity contribution is 8.00. The molecule has 2 aromatic carbocycles. The fourth-order valence-corrected chi connectivity index (χ4v) is 8.17. The van der Waals surface area contributed by atoms with Crippen LogP contribution in [0.4, 0.5) is 27.9 Å². The summed E-state index contributed by atoms with van der Waals surface area (Å²) in [6.07, 6.45) is 5.85. The Morgan fingerprint density at radius 3 is 2.53 bits per heavy atom. The molecule has 0 fully saturated rings. The molecule has 0 spiro atoms. The maximum absolute atomic E-state index is 16.6. The van der Waals surface area contributed by atoms with E-state index in [1.54, 1.807) is 12.3 Å². The van der Waals surface area contributed by atoms with Crippen LogP contribution >= 0.6 is 11.8 Å². The summed E-state index contributed by atoms with van der Waals surface area (Å²) in [6, 6.07) is 14.5. The van der Waals surface area contributed by atoms with Crippen LogP contribution in [0.15, 0.2) is 95.6 Å². The minimum Gasteiger partial charge on any atom is -0.505 e. The Morgan fingerprint density at radius 2 is 1.74 bits per heavy atom. The van der Waals surface area contributed by atoms with Gasteiger partial charge < -0.3 is 25.6 Å². The van der Waals surface area contributed by atoms with Crippen molar-refractivity contribution in [2.45, 2.75) is 30.6 Å². The zero-order valence-corrected chi connectivity index (χ0v) is 33.1. The molecular formula is C43H32F5N7O6S. The monoisotopic (exact) mass is 869 g/mol. The first-order valence-corrected chi connectivity index (χ1v) is 19.9. The number of ether oxygens (including phenoxy) is 1. The number of phenolic OH excluding ortho intramolecular Hbond substituents is 1. The number of carbonyl (C=O) groups excluding carboxylic acids is 2. The van der Waals surface area contributed by atoms with Gasteiger partial charge in [-0.25, -0.2) is 41.7 Å². The van der Waals surface area contributed by atoms with Crippen LogP contribution in [0.3, 0.4) is 0 Å². The van der Waals surface area contributed by atoms with Crippen LogP contribution in [0.2, 0.25) is 0 Å². The van der Waals surface area contributed by atoms with Crippen molar-refractivity contribution in [1.82, 2.24) is 29.7 Å². The van der Waals surface area contributed by atoms with Gasteiger partial charge in [0.2, 0.25) is 17.6 Å². The Bertz CT molecular complexity index is 2890. The summed E-state index contributed by atoms with van der Waals surface area (Å²) < 4.78 is 84.5. The third kappa shape index (κ3) is 7.93. The number of carbonyl (C=O) groups is 3. The van der Waals surface area contributed by atoms with Gasteiger partial charge in [-0.2, -0.15) is 0 Å². The topological polar surface area (TPSA) is 181 Å². The Hall–Kier alpha value is -7.15. The number of hydrogen-bond donors (Lipinski definition) is 4. The molecular weight excluding hydrogens is 838 g/mol. The minimum absolute atomic E-state index is 0.143. The van der Waals surface area contributed by atoms with E-state index in [1.165, 1.54) is 0 Å². The third-order valence-electron chi connectivity index (χ3n) is 10.1. The van der Waals surface area contributed by atoms with E-state index in [1.807, 2.05) is 53.9 Å². The van der Waals surface area contributed by atoms with Gasteiger partial charge >= 0.3 is 5.97 Å². The van der Waals surface area contributed by atoms with Crippen LogP contribution in [0.1, 0.15) is 45.9 Å². The van der Waals surface area contributed by atoms with E-state index in [0.29, 0.717) is 66.3 Å². The van der Waals surface area contributed by atoms with Crippen molar-refractivity contribution in [3.05, 3.63) is 136 Å². The summed E-state index contributed by atoms with van der Waals surface area (Å²) in [4.78, 5) is 54.8. The molecule has 1 aliphatic carbocycles. The molecule has 2 unspecified atom stereocenters. The minimum atomic E-state index is -2.11. The maximum Gasteiger partial charge on any atom is 0.339 e. The molecule has 1 amide bonds. The quantitative estimate of drug-likeness (QED) is 0.0385. The number of carboxylic acids is 1. The number of unbranched alkanes of at least 4 members (excludes halogenated alkanes) is 1. The van der Waals surface area contributed by atoms with Crippen molar-refractivity contribution in [2.24, 2.45) is 5.92 Å². The number of benzene rings is 2. The molecule has 2 aliphatic rings. The van der Waals surface area contributed by atoms with Gasteiger partial charge in [0.05, 0.1) is 22.0 Å². The standard InChI is InChI=1S/C43H32F5N7O6S/c1-20-7-6-8-25(52-20)39-40(55-14-5-2-9-31(55)54-39)26-10-13-51-43(53-26)50-12-4-3-11-49-32(58)19-62-41-37(47)34(35(42(59)60)36(46)38(41)48)33-21-15-23(44)27(56)17-29(21)61-30-18-28(57)24(45)16-22(30)33/h2,5-10,13-18,21,33,57H,3-4,11-12,19H2,1H3,(H,49,58)(H,59,60)(H,50,51,53). The Kier molecular flexibility index (Phi) is 11.5. The van der Waals surface area contributed by atoms with Crippen LogP contribution in [0, 0.1) is 36.1 Å². The van der Waals surface area contributed by atoms with Gasteiger partial charge in [-0.1, -0.05) is 12.1 Å². The summed E-state index contributed by atoms with van der Waals surface area (Å²) in [5.41, 5.74) is 1.37. The fourth-order valence-electron chi connectivity index (χ4n) is 7.34. The largest absolute Gasteiger partial charge is 0.505 e. The molecule has 13 nitrogen and oxygen atoms in total. The molecule has 316 valence electrons. The van der Waals surface area contributed by atoms with Gasteiger partial charge in [-0.05, 0) is 62.2 Å². The van der Waals surface area contributed by atoms with Gasteiger partial charge in [0, 0.05) is 66.3 Å². The van der Waals surface area contributed by atoms with Crippen molar-refractivity contribution in [3.63, 3.8) is 0 Å². The van der Waals surface area contributed by atoms with E-state index in [-0.39, 0.29) is 35.4 Å². The summed E-state index contributed by atoms with van der Waals surface area (Å²) in [5, 5.41) is 25.7. The normalized spacial score (nSPS) is 15.6. The van der Waals surface area contributed by atoms with Crippen molar-refractivity contribution in [3.8, 4) is 34.3 Å². The number of nitrogens with one attached hydrogen (secondary N) is 2. The van der Waals surface area contributed by atoms with Crippen LogP contribution in [-0.4, -0.2) is 71.1 Å². The number of amides is 1. The number of aryl methyl sites for hydroxylation is 1. The smallest absolute Gasteiger partial charge is 0.339 e. The molecule has 5 heterocycles. The molecule has 0 bridgehead atoms. The highest BCUT2D eigenvalue weighted by Crippen LogP contribution is 2.52. The predicted octanol–water partition coefficient (Wildman–Crippen LogP) is 7.68. The van der Waals surface area contributed by atoms with E-state index < -0.39 is 86.1 Å². The number of allylic oxidation sites excluding steroid dienone is 3. The molecule has 8 rings (SSSR count). The number of carboxylic acid groups (broad SMARTS) is 1. The van der Waals surface area contributed by atoms with Crippen LogP contribution in [0.25, 0.3) is 28.4 Å². The number of imidazole rings is 1. The van der Waals surface area contributed by atoms with Crippen LogP contribution in [-0.2, 0) is 9.59 Å². The molecule has 0 saturated carbocycles. The van der Waals surface area contributed by atoms with Gasteiger partial charge in [-0.3, -0.25) is 19.0 Å². The Labute approximate surface area is 352 Å². The number of aromatic carboxylic acids is 1. The van der Waals surface area contributed by atoms with Crippen molar-refractivity contribution in [1.29, 1.82) is 0 Å². The van der Waals surface area contributed by atoms with Gasteiger partial charge in [0.1, 0.15) is 39.9 Å². The second-order valence-electron chi connectivity index (χ2n) is 14.2. The van der Waals surface area contributed by atoms with Gasteiger partial charge in [0.25, 0.3) is 0 Å². The first-order valence-electron chi connectivity index (χ1n) is 19.0. The number of rotatable bonds is 13. The first-order chi connectivity index (χ1) is 29.8. The van der Waals surface area contributed by atoms with Gasteiger partial charge in [-0.15, -0.1) is 11.8 Å². The molecule has 19 heteroatoms. The zero-order valence-electron chi connectivity index (χ0n) is 32.3. The number of fused-ring (bicyclic) bond motifs is 3. The molecule has 62 heavy (non-hydrogen) atoms. The number of phenols is 1. The van der Waals surface area contributed by atoms with Crippen molar-refractivity contribution >= 4 is 41.0 Å². The van der Waals surface area contributed by atoms with Crippen LogP contribution in [0.5, 0.6) is 11.5 Å². The maximum atomic E-state index is 16.6. The summed E-state index contributed by atoms with van der Waals surface area (Å²) in [7, 11) is 0. The zero-order chi connectivity index (χ0) is 43.8. The van der Waals surface area contributed by atoms with E-state index in [9.17, 15) is 33.4 Å². The van der Waals surface area contributed by atoms with E-state index in [4.69, 9.17) is 14.7 Å². The summed E-state index contributed by atoms with van der Waals surface area (Å²) >= 11 is 0.241. The molecule has 4 aromatic heterocycles. The number of ketones is 1. The second-order valence-corrected chi connectivity index (χ2v) is 15.2. The first kappa shape index (κ1) is 41.6. The molecule has 0 saturated heterocycles. The number of halogens is 5. The number of hydrogen-bond acceptors (Lipinski definition) is 11. The SMILES string of the molecule is Cc1cccc(-c2nc3ccccn3c2-c2ccnc(NCCCCNC(=O)CSc3c(F)c(F)c(C(=O)O)c(C4c5cc(F)c(O)cc5OC5=CC(=O)C(F)=CC54)c3F)n2)n1. The number of aromatic hydroxyl groups is 1. The average molecular weight is 870 g/mol. The lowest BCUT2D eigenvalue weighted by Gasteiger charge is -2.36. The fraction of sp³-hybridized carbons (Fsp3) is 0.186. The lowest BCUT2D eigenvalue weighted by atomic mass is 9.74. The molecule has 2 atom stereocenters. The van der Waals surface area contributed by atoms with Crippen molar-refractivity contribution in [2.75, 3.05) is 24.2 Å². The highest BCUT2D eigenvalue weighted by atomic mass is 32.2. The lowest BCUT2D eigenvalue weighted by molar-refractivity contribution is -0.118. The molecule has 0 radical (unpaired) electrons. The number of aromatic nitrogens is 5. The Balaban J connectivity index is 0.932. The third-order valence-corrected chi connectivity index (χ3v) is 11.2. The highest BCUT2D eigenvalue weighted by Gasteiger charge is 2.44. The summed E-state index contributed by atoms with van der Waals surface area (Å²) in [6.45, 7) is 2.45. The van der Waals surface area contributed by atoms with E-state index >= 15 is 13.2 Å². The van der Waals surface area contributed by atoms with Crippen LogP contribution < -0.4 is 15.4 Å². The van der Waals surface area contributed by atoms with E-state index in [2.05, 4.69) is 20.6 Å². The number of thioether (sulfide) groups is 1. The van der Waals surface area contributed by atoms with E-state index in [0.717, 1.165) is 17.5 Å². The molecule has 1 aliphatic heterocycles. The predicted molar refractivity (Wildman–Crippen MR) is 215 cm³/mol. The number of pyridine rings is 2. The number of anilines is 1. The summed E-state index contributed by atoms with van der Waals surface area (Å²) in [5.74, 6) is -17.3. The lowest BCUT2D eigenvalue weighted by Crippen LogP contribution is -2.30. The van der Waals surface area contributed by atoms with Gasteiger partial charge in [0.15, 0.2) is 29.0 Å². The average Bonchev–Trinajstić information content (AvgIpc) is 3.64. The Morgan fingerprint density at radius 1 is 0.935 bits per heavy atom. The second kappa shape index (κ2) is 17.1.